The first-order chi connectivity index (χ1) is 7.70. The van der Waals surface area contributed by atoms with Gasteiger partial charge in [-0.15, -0.1) is 5.10 Å². The molecule has 1 aliphatic rings. The van der Waals surface area contributed by atoms with Crippen molar-refractivity contribution < 1.29 is 0 Å². The standard InChI is InChI=1S/C11H21N5/c1-9-4-3-5-16(11(9)6-12)8-10-7-15(2)14-13-10/h7,9,11H,3-6,8,12H2,1-2H3. The van der Waals surface area contributed by atoms with E-state index in [1.165, 1.54) is 12.8 Å². The van der Waals surface area contributed by atoms with Crippen LogP contribution in [0.25, 0.3) is 0 Å². The maximum absolute atomic E-state index is 5.86. The summed E-state index contributed by atoms with van der Waals surface area (Å²) in [6, 6.07) is 0.496. The van der Waals surface area contributed by atoms with Crippen molar-refractivity contribution in [1.82, 2.24) is 19.9 Å². The van der Waals surface area contributed by atoms with Crippen LogP contribution in [0.3, 0.4) is 0 Å². The molecule has 0 bridgehead atoms. The molecule has 0 aromatic carbocycles. The first-order valence-electron chi connectivity index (χ1n) is 6.00. The van der Waals surface area contributed by atoms with Crippen LogP contribution in [0.15, 0.2) is 6.20 Å². The summed E-state index contributed by atoms with van der Waals surface area (Å²) in [7, 11) is 1.90. The minimum absolute atomic E-state index is 0.496. The molecule has 0 spiro atoms. The molecule has 1 aromatic heterocycles. The third-order valence-corrected chi connectivity index (χ3v) is 3.49. The Bertz CT molecular complexity index is 335. The number of hydrogen-bond donors (Lipinski definition) is 1. The molecule has 2 unspecified atom stereocenters. The van der Waals surface area contributed by atoms with Gasteiger partial charge in [-0.1, -0.05) is 12.1 Å². The van der Waals surface area contributed by atoms with Crippen molar-refractivity contribution in [2.75, 3.05) is 13.1 Å². The van der Waals surface area contributed by atoms with E-state index >= 15 is 0 Å². The lowest BCUT2D eigenvalue weighted by Crippen LogP contribution is -2.48. The summed E-state index contributed by atoms with van der Waals surface area (Å²) in [5.74, 6) is 0.690. The zero-order valence-electron chi connectivity index (χ0n) is 10.1. The molecule has 5 heteroatoms. The Morgan fingerprint density at radius 1 is 1.56 bits per heavy atom. The number of hydrogen-bond acceptors (Lipinski definition) is 4. The highest BCUT2D eigenvalue weighted by atomic mass is 15.4. The van der Waals surface area contributed by atoms with Crippen LogP contribution in [0.4, 0.5) is 0 Å². The van der Waals surface area contributed by atoms with E-state index in [1.54, 1.807) is 4.68 Å². The smallest absolute Gasteiger partial charge is 0.0967 e. The lowest BCUT2D eigenvalue weighted by atomic mass is 9.91. The number of piperidine rings is 1. The van der Waals surface area contributed by atoms with Crippen molar-refractivity contribution in [3.8, 4) is 0 Å². The Kier molecular flexibility index (Phi) is 3.56. The van der Waals surface area contributed by atoms with Gasteiger partial charge < -0.3 is 5.73 Å². The predicted molar refractivity (Wildman–Crippen MR) is 62.7 cm³/mol. The van der Waals surface area contributed by atoms with Gasteiger partial charge in [0.1, 0.15) is 0 Å². The number of aromatic nitrogens is 3. The SMILES string of the molecule is CC1CCCN(Cc2cn(C)nn2)C1CN. The molecular formula is C11H21N5. The van der Waals surface area contributed by atoms with Gasteiger partial charge in [0.2, 0.25) is 0 Å². The lowest BCUT2D eigenvalue weighted by molar-refractivity contribution is 0.0977. The molecule has 5 nitrogen and oxygen atoms in total. The second-order valence-electron chi connectivity index (χ2n) is 4.78. The molecule has 16 heavy (non-hydrogen) atoms. The maximum Gasteiger partial charge on any atom is 0.0967 e. The highest BCUT2D eigenvalue weighted by Crippen LogP contribution is 2.23. The molecule has 1 aliphatic heterocycles. The molecular weight excluding hydrogens is 202 g/mol. The Morgan fingerprint density at radius 3 is 3.00 bits per heavy atom. The fourth-order valence-corrected chi connectivity index (χ4v) is 2.59. The van der Waals surface area contributed by atoms with Crippen molar-refractivity contribution in [3.63, 3.8) is 0 Å². The van der Waals surface area contributed by atoms with Crippen LogP contribution in [-0.4, -0.2) is 39.0 Å². The van der Waals surface area contributed by atoms with E-state index in [2.05, 4.69) is 22.1 Å². The fraction of sp³-hybridized carbons (Fsp3) is 0.818. The van der Waals surface area contributed by atoms with Gasteiger partial charge in [0.25, 0.3) is 0 Å². The normalized spacial score (nSPS) is 27.2. The lowest BCUT2D eigenvalue weighted by Gasteiger charge is -2.38. The average Bonchev–Trinajstić information content (AvgIpc) is 2.64. The van der Waals surface area contributed by atoms with Crippen molar-refractivity contribution in [2.24, 2.45) is 18.7 Å². The van der Waals surface area contributed by atoms with Gasteiger partial charge in [-0.05, 0) is 25.3 Å². The largest absolute Gasteiger partial charge is 0.329 e. The zero-order valence-corrected chi connectivity index (χ0v) is 10.1. The highest BCUT2D eigenvalue weighted by Gasteiger charge is 2.27. The molecule has 0 aliphatic carbocycles. The van der Waals surface area contributed by atoms with Crippen molar-refractivity contribution in [1.29, 1.82) is 0 Å². The number of likely N-dealkylation sites (tertiary alicyclic amines) is 1. The predicted octanol–water partition coefficient (Wildman–Crippen LogP) is 0.374. The van der Waals surface area contributed by atoms with E-state index in [4.69, 9.17) is 5.73 Å². The molecule has 1 aromatic rings. The summed E-state index contributed by atoms with van der Waals surface area (Å²) in [5, 5.41) is 8.09. The van der Waals surface area contributed by atoms with Crippen LogP contribution in [0.1, 0.15) is 25.5 Å². The van der Waals surface area contributed by atoms with Gasteiger partial charge in [0, 0.05) is 32.4 Å². The van der Waals surface area contributed by atoms with Crippen LogP contribution in [0.2, 0.25) is 0 Å². The Morgan fingerprint density at radius 2 is 2.38 bits per heavy atom. The van der Waals surface area contributed by atoms with Crippen LogP contribution >= 0.6 is 0 Å². The quantitative estimate of drug-likeness (QED) is 0.804. The summed E-state index contributed by atoms with van der Waals surface area (Å²) in [6.07, 6.45) is 4.53. The van der Waals surface area contributed by atoms with Crippen molar-refractivity contribution in [2.45, 2.75) is 32.4 Å². The average molecular weight is 223 g/mol. The molecule has 2 atom stereocenters. The Labute approximate surface area is 96.6 Å². The minimum Gasteiger partial charge on any atom is -0.329 e. The third-order valence-electron chi connectivity index (χ3n) is 3.49. The number of rotatable bonds is 3. The molecule has 90 valence electrons. The topological polar surface area (TPSA) is 60.0 Å². The van der Waals surface area contributed by atoms with Gasteiger partial charge >= 0.3 is 0 Å². The molecule has 2 N–H and O–H groups in total. The van der Waals surface area contributed by atoms with Crippen molar-refractivity contribution >= 4 is 0 Å². The zero-order chi connectivity index (χ0) is 11.5. The summed E-state index contributed by atoms with van der Waals surface area (Å²) < 4.78 is 1.75. The summed E-state index contributed by atoms with van der Waals surface area (Å²) in [4.78, 5) is 2.44. The second kappa shape index (κ2) is 4.93. The first-order valence-corrected chi connectivity index (χ1v) is 6.00. The van der Waals surface area contributed by atoms with Crippen LogP contribution in [0, 0.1) is 5.92 Å². The summed E-state index contributed by atoms with van der Waals surface area (Å²) in [6.45, 7) is 5.03. The van der Waals surface area contributed by atoms with Crippen LogP contribution in [0.5, 0.6) is 0 Å². The van der Waals surface area contributed by atoms with E-state index in [9.17, 15) is 0 Å². The molecule has 0 saturated carbocycles. The molecule has 2 heterocycles. The van der Waals surface area contributed by atoms with Gasteiger partial charge in [0.15, 0.2) is 0 Å². The molecule has 0 radical (unpaired) electrons. The van der Waals surface area contributed by atoms with Crippen LogP contribution < -0.4 is 5.73 Å². The molecule has 2 rings (SSSR count). The van der Waals surface area contributed by atoms with Crippen molar-refractivity contribution in [3.05, 3.63) is 11.9 Å². The summed E-state index contributed by atoms with van der Waals surface area (Å²) >= 11 is 0. The first kappa shape index (κ1) is 11.5. The molecule has 1 fully saturated rings. The minimum atomic E-state index is 0.496. The number of nitrogens with zero attached hydrogens (tertiary/aromatic N) is 4. The Balaban J connectivity index is 2.02. The van der Waals surface area contributed by atoms with E-state index < -0.39 is 0 Å². The van der Waals surface area contributed by atoms with E-state index in [0.29, 0.717) is 12.0 Å². The van der Waals surface area contributed by atoms with E-state index in [1.807, 2.05) is 13.2 Å². The summed E-state index contributed by atoms with van der Waals surface area (Å²) in [5.41, 5.74) is 6.90. The van der Waals surface area contributed by atoms with E-state index in [-0.39, 0.29) is 0 Å². The third kappa shape index (κ3) is 2.41. The number of aryl methyl sites for hydroxylation is 1. The van der Waals surface area contributed by atoms with Gasteiger partial charge in [-0.25, -0.2) is 0 Å². The fourth-order valence-electron chi connectivity index (χ4n) is 2.59. The van der Waals surface area contributed by atoms with Gasteiger partial charge in [0.05, 0.1) is 5.69 Å². The molecule has 1 saturated heterocycles. The van der Waals surface area contributed by atoms with Gasteiger partial charge in [-0.3, -0.25) is 9.58 Å². The number of nitrogens with two attached hydrogens (primary N) is 1. The van der Waals surface area contributed by atoms with E-state index in [0.717, 1.165) is 25.3 Å². The maximum atomic E-state index is 5.86. The highest BCUT2D eigenvalue weighted by molar-refractivity contribution is 4.94. The molecule has 0 amide bonds. The second-order valence-corrected chi connectivity index (χ2v) is 4.78. The van der Waals surface area contributed by atoms with Crippen LogP contribution in [-0.2, 0) is 13.6 Å². The Hall–Kier alpha value is -0.940. The monoisotopic (exact) mass is 223 g/mol. The van der Waals surface area contributed by atoms with Gasteiger partial charge in [-0.2, -0.15) is 0 Å².